The Morgan fingerprint density at radius 3 is 2.47 bits per heavy atom. The van der Waals surface area contributed by atoms with Crippen LogP contribution in [0.25, 0.3) is 0 Å². The van der Waals surface area contributed by atoms with Crippen molar-refractivity contribution in [3.8, 4) is 0 Å². The maximum Gasteiger partial charge on any atom is 0.326 e. The van der Waals surface area contributed by atoms with Gasteiger partial charge in [-0.3, -0.25) is 9.59 Å². The highest BCUT2D eigenvalue weighted by atomic mass is 16.4. The highest BCUT2D eigenvalue weighted by molar-refractivity contribution is 6.08. The van der Waals surface area contributed by atoms with E-state index in [0.717, 1.165) is 31.2 Å². The van der Waals surface area contributed by atoms with Gasteiger partial charge in [-0.15, -0.1) is 0 Å². The molecule has 2 fully saturated rings. The van der Waals surface area contributed by atoms with Crippen molar-refractivity contribution in [2.24, 2.45) is 5.92 Å². The van der Waals surface area contributed by atoms with E-state index in [1.54, 1.807) is 24.6 Å². The third kappa shape index (κ3) is 4.69. The second kappa shape index (κ2) is 9.64. The van der Waals surface area contributed by atoms with E-state index >= 15 is 0 Å². The van der Waals surface area contributed by atoms with Crippen molar-refractivity contribution in [1.82, 2.24) is 9.71 Å². The Hall–Kier alpha value is -2.35. The lowest BCUT2D eigenvalue weighted by Gasteiger charge is -2.38. The monoisotopic (exact) mass is 414 g/mol. The van der Waals surface area contributed by atoms with Gasteiger partial charge in [0.1, 0.15) is 6.04 Å². The quantitative estimate of drug-likeness (QED) is 0.627. The van der Waals surface area contributed by atoms with E-state index in [4.69, 9.17) is 0 Å². The van der Waals surface area contributed by atoms with Crippen molar-refractivity contribution < 1.29 is 24.6 Å². The third-order valence-electron chi connectivity index (χ3n) is 6.92. The maximum absolute atomic E-state index is 13.4. The number of likely N-dealkylation sites (tertiary alicyclic amines) is 1. The van der Waals surface area contributed by atoms with Gasteiger partial charge in [-0.1, -0.05) is 43.2 Å². The molecular formula is C22H31BN2O5. The minimum Gasteiger partial charge on any atom is -0.480 e. The van der Waals surface area contributed by atoms with Gasteiger partial charge < -0.3 is 19.9 Å². The van der Waals surface area contributed by atoms with E-state index in [1.807, 2.05) is 30.3 Å². The van der Waals surface area contributed by atoms with Crippen molar-refractivity contribution in [1.29, 1.82) is 0 Å². The largest absolute Gasteiger partial charge is 0.480 e. The number of carbonyl (C=O) groups excluding carboxylic acids is 1. The number of rotatable bonds is 8. The molecule has 0 radical (unpaired) electrons. The molecular weight excluding hydrogens is 383 g/mol. The highest BCUT2D eigenvalue weighted by Crippen LogP contribution is 2.40. The zero-order valence-corrected chi connectivity index (χ0v) is 17.7. The summed E-state index contributed by atoms with van der Waals surface area (Å²) in [7, 11) is 1.65. The van der Waals surface area contributed by atoms with Crippen LogP contribution in [-0.2, 0) is 20.8 Å². The Balaban J connectivity index is 1.73. The Kier molecular flexibility index (Phi) is 7.18. The Labute approximate surface area is 178 Å². The number of aryl methyl sites for hydroxylation is 1. The number of benzene rings is 1. The first-order chi connectivity index (χ1) is 14.3. The SMILES string of the molecule is BN([C@@H](C)C(=O)N1[C@H](C(=O)O)C[C@H]2CCCC[C@@H]21)[C@@H](CCc1ccccc1)C(=O)O. The Morgan fingerprint density at radius 1 is 1.17 bits per heavy atom. The number of aliphatic carboxylic acids is 2. The fourth-order valence-electron chi connectivity index (χ4n) is 5.11. The number of amides is 1. The fourth-order valence-corrected chi connectivity index (χ4v) is 5.11. The molecule has 0 unspecified atom stereocenters. The summed E-state index contributed by atoms with van der Waals surface area (Å²) < 4.78 is 0. The second-order valence-corrected chi connectivity index (χ2v) is 8.67. The molecule has 1 amide bonds. The van der Waals surface area contributed by atoms with Crippen LogP contribution in [0.4, 0.5) is 0 Å². The van der Waals surface area contributed by atoms with E-state index in [2.05, 4.69) is 0 Å². The van der Waals surface area contributed by atoms with Gasteiger partial charge in [-0.2, -0.15) is 0 Å². The second-order valence-electron chi connectivity index (χ2n) is 8.67. The van der Waals surface area contributed by atoms with Gasteiger partial charge in [0.25, 0.3) is 0 Å². The molecule has 30 heavy (non-hydrogen) atoms. The van der Waals surface area contributed by atoms with Gasteiger partial charge in [0.15, 0.2) is 7.98 Å². The molecule has 1 heterocycles. The molecule has 5 atom stereocenters. The maximum atomic E-state index is 13.4. The molecule has 162 valence electrons. The fraction of sp³-hybridized carbons (Fsp3) is 0.591. The molecule has 0 bridgehead atoms. The number of fused-ring (bicyclic) bond motifs is 1. The van der Waals surface area contributed by atoms with Crippen LogP contribution < -0.4 is 0 Å². The Morgan fingerprint density at radius 2 is 1.83 bits per heavy atom. The molecule has 2 N–H and O–H groups in total. The minimum atomic E-state index is -0.972. The molecule has 1 aromatic carbocycles. The molecule has 1 aromatic rings. The summed E-state index contributed by atoms with van der Waals surface area (Å²) in [6, 6.07) is 7.28. The number of hydrogen-bond donors (Lipinski definition) is 2. The molecule has 1 saturated heterocycles. The van der Waals surface area contributed by atoms with Crippen LogP contribution in [0.5, 0.6) is 0 Å². The average molecular weight is 414 g/mol. The predicted octanol–water partition coefficient (Wildman–Crippen LogP) is 1.56. The molecule has 0 spiro atoms. The van der Waals surface area contributed by atoms with E-state index in [-0.39, 0.29) is 17.9 Å². The van der Waals surface area contributed by atoms with Crippen molar-refractivity contribution in [2.75, 3.05) is 0 Å². The number of nitrogens with zero attached hydrogens (tertiary/aromatic N) is 2. The number of carbonyl (C=O) groups is 3. The molecule has 3 rings (SSSR count). The molecule has 1 aliphatic carbocycles. The number of carboxylic acids is 2. The van der Waals surface area contributed by atoms with E-state index in [0.29, 0.717) is 19.3 Å². The van der Waals surface area contributed by atoms with Gasteiger partial charge in [0, 0.05) is 6.04 Å². The first-order valence-electron chi connectivity index (χ1n) is 10.8. The van der Waals surface area contributed by atoms with Crippen molar-refractivity contribution in [3.05, 3.63) is 35.9 Å². The summed E-state index contributed by atoms with van der Waals surface area (Å²) in [4.78, 5) is 40.3. The minimum absolute atomic E-state index is 0.0456. The van der Waals surface area contributed by atoms with Crippen LogP contribution in [0.15, 0.2) is 30.3 Å². The lowest BCUT2D eigenvalue weighted by molar-refractivity contribution is -0.153. The molecule has 0 aromatic heterocycles. The summed E-state index contributed by atoms with van der Waals surface area (Å²) in [5.74, 6) is -1.98. The van der Waals surface area contributed by atoms with Crippen molar-refractivity contribution in [3.63, 3.8) is 0 Å². The Bertz CT molecular complexity index is 774. The first-order valence-corrected chi connectivity index (χ1v) is 10.8. The summed E-state index contributed by atoms with van der Waals surface area (Å²) in [6.45, 7) is 1.69. The van der Waals surface area contributed by atoms with Crippen LogP contribution in [0.2, 0.25) is 0 Å². The van der Waals surface area contributed by atoms with Crippen LogP contribution >= 0.6 is 0 Å². The predicted molar refractivity (Wildman–Crippen MR) is 115 cm³/mol. The molecule has 1 aliphatic heterocycles. The smallest absolute Gasteiger partial charge is 0.326 e. The van der Waals surface area contributed by atoms with Gasteiger partial charge in [-0.25, -0.2) is 4.79 Å². The standard InChI is InChI=1S/C22H31BN2O5/c1-14(25(23)18(21(27)28)12-11-15-7-3-2-4-8-15)20(26)24-17-10-6-5-9-16(17)13-19(24)22(29)30/h2-4,7-8,14,16-19H,5-6,9-13,23H2,1H3,(H,27,28)(H,29,30)/t14-,16+,17-,18-,19-/m0/s1. The lowest BCUT2D eigenvalue weighted by atomic mass is 9.84. The molecule has 7 nitrogen and oxygen atoms in total. The molecule has 8 heteroatoms. The molecule has 1 saturated carbocycles. The first kappa shape index (κ1) is 22.3. The average Bonchev–Trinajstić information content (AvgIpc) is 3.13. The van der Waals surface area contributed by atoms with Crippen LogP contribution in [0.3, 0.4) is 0 Å². The topological polar surface area (TPSA) is 98.2 Å². The van der Waals surface area contributed by atoms with Crippen LogP contribution in [0, 0.1) is 5.92 Å². The summed E-state index contributed by atoms with van der Waals surface area (Å²) in [6.07, 6.45) is 5.32. The highest BCUT2D eigenvalue weighted by Gasteiger charge is 2.49. The molecule has 2 aliphatic rings. The third-order valence-corrected chi connectivity index (χ3v) is 6.92. The zero-order valence-electron chi connectivity index (χ0n) is 17.7. The van der Waals surface area contributed by atoms with Gasteiger partial charge >= 0.3 is 11.9 Å². The summed E-state index contributed by atoms with van der Waals surface area (Å²) in [5, 5.41) is 19.5. The van der Waals surface area contributed by atoms with Gasteiger partial charge in [0.05, 0.1) is 12.1 Å². The van der Waals surface area contributed by atoms with Gasteiger partial charge in [0.2, 0.25) is 5.91 Å². The zero-order chi connectivity index (χ0) is 21.8. The normalized spacial score (nSPS) is 25.5. The van der Waals surface area contributed by atoms with Gasteiger partial charge in [-0.05, 0) is 50.5 Å². The van der Waals surface area contributed by atoms with E-state index in [1.165, 1.54) is 0 Å². The summed E-state index contributed by atoms with van der Waals surface area (Å²) in [5.41, 5.74) is 1.05. The van der Waals surface area contributed by atoms with E-state index in [9.17, 15) is 24.6 Å². The lowest BCUT2D eigenvalue weighted by Crippen LogP contribution is -2.56. The summed E-state index contributed by atoms with van der Waals surface area (Å²) >= 11 is 0. The van der Waals surface area contributed by atoms with Crippen LogP contribution in [0.1, 0.15) is 51.0 Å². The number of carboxylic acid groups (broad SMARTS) is 2. The van der Waals surface area contributed by atoms with E-state index < -0.39 is 30.1 Å². The van der Waals surface area contributed by atoms with Crippen molar-refractivity contribution in [2.45, 2.75) is 76.0 Å². The van der Waals surface area contributed by atoms with Crippen molar-refractivity contribution >= 4 is 25.8 Å². The van der Waals surface area contributed by atoms with Crippen LogP contribution in [-0.4, -0.2) is 69.9 Å². The number of hydrogen-bond acceptors (Lipinski definition) is 4.